The molecule has 0 bridgehead atoms. The molecule has 1 aliphatic heterocycles. The Labute approximate surface area is 175 Å². The Morgan fingerprint density at radius 1 is 0.828 bits per heavy atom. The Morgan fingerprint density at radius 2 is 1.48 bits per heavy atom. The van der Waals surface area contributed by atoms with Crippen molar-refractivity contribution in [1.82, 2.24) is 4.31 Å². The highest BCUT2D eigenvalue weighted by atomic mass is 32.2. The summed E-state index contributed by atoms with van der Waals surface area (Å²) < 4.78 is 27.6. The molecular weight excluding hydrogens is 380 g/mol. The van der Waals surface area contributed by atoms with E-state index in [-0.39, 0.29) is 5.25 Å². The number of hydrogen-bond donors (Lipinski definition) is 0. The zero-order valence-electron chi connectivity index (χ0n) is 17.6. The molecule has 0 atom stereocenters. The third-order valence-corrected chi connectivity index (χ3v) is 9.12. The van der Waals surface area contributed by atoms with Gasteiger partial charge in [0.05, 0.1) is 5.25 Å². The summed E-state index contributed by atoms with van der Waals surface area (Å²) in [6, 6.07) is 15.1. The van der Waals surface area contributed by atoms with Gasteiger partial charge in [-0.1, -0.05) is 49.6 Å². The van der Waals surface area contributed by atoms with Gasteiger partial charge in [-0.25, -0.2) is 8.42 Å². The van der Waals surface area contributed by atoms with Crippen LogP contribution in [0.25, 0.3) is 11.1 Å². The zero-order chi connectivity index (χ0) is 20.4. The van der Waals surface area contributed by atoms with Gasteiger partial charge in [0.15, 0.2) is 0 Å². The Hall–Kier alpha value is -1.85. The van der Waals surface area contributed by atoms with Gasteiger partial charge in [-0.05, 0) is 61.1 Å². The fourth-order valence-electron chi connectivity index (χ4n) is 4.69. The van der Waals surface area contributed by atoms with Gasteiger partial charge in [-0.2, -0.15) is 4.31 Å². The number of nitrogens with zero attached hydrogens (tertiary/aromatic N) is 2. The summed E-state index contributed by atoms with van der Waals surface area (Å²) in [5, 5.41) is -0.153. The molecule has 29 heavy (non-hydrogen) atoms. The summed E-state index contributed by atoms with van der Waals surface area (Å²) in [6.45, 7) is 7.03. The summed E-state index contributed by atoms with van der Waals surface area (Å²) in [5.74, 6) is 0. The minimum absolute atomic E-state index is 0.153. The smallest absolute Gasteiger partial charge is 0.217 e. The lowest BCUT2D eigenvalue weighted by atomic mass is 9.97. The van der Waals surface area contributed by atoms with Crippen LogP contribution in [0.3, 0.4) is 0 Å². The van der Waals surface area contributed by atoms with E-state index in [0.717, 1.165) is 38.8 Å². The van der Waals surface area contributed by atoms with Crippen LogP contribution in [0.2, 0.25) is 0 Å². The maximum atomic E-state index is 13.0. The van der Waals surface area contributed by atoms with Gasteiger partial charge in [0.2, 0.25) is 10.0 Å². The van der Waals surface area contributed by atoms with Crippen molar-refractivity contribution in [2.75, 3.05) is 31.1 Å². The van der Waals surface area contributed by atoms with E-state index in [4.69, 9.17) is 0 Å². The molecule has 0 N–H and O–H groups in total. The average molecular weight is 413 g/mol. The van der Waals surface area contributed by atoms with Crippen LogP contribution in [0, 0.1) is 13.8 Å². The summed E-state index contributed by atoms with van der Waals surface area (Å²) in [4.78, 5) is 2.31. The molecule has 0 aromatic heterocycles. The Bertz CT molecular complexity index is 939. The van der Waals surface area contributed by atoms with E-state index in [0.29, 0.717) is 13.1 Å². The second-order valence-electron chi connectivity index (χ2n) is 8.49. The monoisotopic (exact) mass is 412 g/mol. The van der Waals surface area contributed by atoms with Crippen molar-refractivity contribution >= 4 is 15.7 Å². The fraction of sp³-hybridized carbons (Fsp3) is 0.500. The first-order valence-corrected chi connectivity index (χ1v) is 12.4. The topological polar surface area (TPSA) is 40.6 Å². The predicted molar refractivity (Wildman–Crippen MR) is 121 cm³/mol. The van der Waals surface area contributed by atoms with Crippen molar-refractivity contribution in [1.29, 1.82) is 0 Å². The molecule has 0 unspecified atom stereocenters. The van der Waals surface area contributed by atoms with E-state index in [1.165, 1.54) is 34.4 Å². The molecular formula is C24H32N2O2S. The fourth-order valence-corrected chi connectivity index (χ4v) is 6.71. The average Bonchev–Trinajstić information content (AvgIpc) is 2.76. The molecule has 0 amide bonds. The van der Waals surface area contributed by atoms with Crippen molar-refractivity contribution < 1.29 is 8.42 Å². The maximum absolute atomic E-state index is 13.0. The molecule has 1 aliphatic carbocycles. The van der Waals surface area contributed by atoms with Gasteiger partial charge in [0, 0.05) is 31.9 Å². The Morgan fingerprint density at radius 3 is 2.14 bits per heavy atom. The summed E-state index contributed by atoms with van der Waals surface area (Å²) in [7, 11) is -3.14. The van der Waals surface area contributed by atoms with Crippen LogP contribution in [-0.4, -0.2) is 44.2 Å². The van der Waals surface area contributed by atoms with Crippen LogP contribution in [0.4, 0.5) is 5.69 Å². The second kappa shape index (κ2) is 8.49. The first kappa shape index (κ1) is 20.4. The number of hydrogen-bond acceptors (Lipinski definition) is 3. The Balaban J connectivity index is 1.42. The number of rotatable bonds is 4. The number of piperazine rings is 1. The lowest BCUT2D eigenvalue weighted by Crippen LogP contribution is -2.51. The van der Waals surface area contributed by atoms with Gasteiger partial charge in [0.25, 0.3) is 0 Å². The quantitative estimate of drug-likeness (QED) is 0.727. The zero-order valence-corrected chi connectivity index (χ0v) is 18.4. The van der Waals surface area contributed by atoms with Crippen LogP contribution in [0.5, 0.6) is 0 Å². The van der Waals surface area contributed by atoms with Crippen LogP contribution >= 0.6 is 0 Å². The highest BCUT2D eigenvalue weighted by Gasteiger charge is 2.34. The molecule has 4 rings (SSSR count). The number of aryl methyl sites for hydroxylation is 1. The molecule has 4 nitrogen and oxygen atoms in total. The summed E-state index contributed by atoms with van der Waals surface area (Å²) in [6.07, 6.45) is 4.95. The minimum Gasteiger partial charge on any atom is -0.369 e. The van der Waals surface area contributed by atoms with E-state index < -0.39 is 10.0 Å². The predicted octanol–water partition coefficient (Wildman–Crippen LogP) is 4.75. The number of sulfonamides is 1. The molecule has 1 saturated carbocycles. The molecule has 0 spiro atoms. The molecule has 2 fully saturated rings. The van der Waals surface area contributed by atoms with Gasteiger partial charge >= 0.3 is 0 Å². The lowest BCUT2D eigenvalue weighted by molar-refractivity contribution is 0.367. The Kier molecular flexibility index (Phi) is 5.98. The van der Waals surface area contributed by atoms with Crippen molar-refractivity contribution in [2.24, 2.45) is 0 Å². The number of benzene rings is 2. The second-order valence-corrected chi connectivity index (χ2v) is 10.7. The van der Waals surface area contributed by atoms with Crippen LogP contribution < -0.4 is 4.90 Å². The molecule has 156 valence electrons. The third kappa shape index (κ3) is 4.22. The molecule has 2 aromatic carbocycles. The van der Waals surface area contributed by atoms with Gasteiger partial charge < -0.3 is 4.90 Å². The van der Waals surface area contributed by atoms with Gasteiger partial charge in [-0.3, -0.25) is 0 Å². The highest BCUT2D eigenvalue weighted by Crippen LogP contribution is 2.29. The van der Waals surface area contributed by atoms with Crippen LogP contribution in [0.15, 0.2) is 42.5 Å². The van der Waals surface area contributed by atoms with E-state index in [2.05, 4.69) is 61.2 Å². The molecule has 1 heterocycles. The van der Waals surface area contributed by atoms with Crippen molar-refractivity contribution in [2.45, 2.75) is 51.2 Å². The van der Waals surface area contributed by atoms with Crippen LogP contribution in [0.1, 0.15) is 43.2 Å². The first-order valence-electron chi connectivity index (χ1n) is 10.9. The van der Waals surface area contributed by atoms with E-state index in [9.17, 15) is 8.42 Å². The van der Waals surface area contributed by atoms with Crippen molar-refractivity contribution in [3.63, 3.8) is 0 Å². The third-order valence-electron chi connectivity index (χ3n) is 6.72. The molecule has 2 aliphatic rings. The summed E-state index contributed by atoms with van der Waals surface area (Å²) in [5.41, 5.74) is 6.31. The molecule has 2 aromatic rings. The summed E-state index contributed by atoms with van der Waals surface area (Å²) >= 11 is 0. The van der Waals surface area contributed by atoms with Gasteiger partial charge in [0.1, 0.15) is 0 Å². The molecule has 0 radical (unpaired) electrons. The standard InChI is InChI=1S/C24H32N2O2S/c1-19-7-6-10-24(20(19)2)21-11-13-22(14-12-21)25-15-17-26(18-16-25)29(27,28)23-8-4-3-5-9-23/h6-7,10-14,23H,3-5,8-9,15-18H2,1-2H3. The van der Waals surface area contributed by atoms with E-state index in [1.807, 2.05) is 0 Å². The number of anilines is 1. The van der Waals surface area contributed by atoms with Gasteiger partial charge in [-0.15, -0.1) is 0 Å². The van der Waals surface area contributed by atoms with Crippen molar-refractivity contribution in [3.8, 4) is 11.1 Å². The van der Waals surface area contributed by atoms with Crippen LogP contribution in [-0.2, 0) is 10.0 Å². The first-order chi connectivity index (χ1) is 14.0. The maximum Gasteiger partial charge on any atom is 0.217 e. The van der Waals surface area contributed by atoms with E-state index >= 15 is 0 Å². The molecule has 5 heteroatoms. The molecule has 1 saturated heterocycles. The van der Waals surface area contributed by atoms with E-state index in [1.54, 1.807) is 4.31 Å². The lowest BCUT2D eigenvalue weighted by Gasteiger charge is -2.37. The normalized spacial score (nSPS) is 19.4. The minimum atomic E-state index is -3.14. The largest absolute Gasteiger partial charge is 0.369 e. The SMILES string of the molecule is Cc1cccc(-c2ccc(N3CCN(S(=O)(=O)C4CCCCC4)CC3)cc2)c1C. The highest BCUT2D eigenvalue weighted by molar-refractivity contribution is 7.89. The van der Waals surface area contributed by atoms with Crippen molar-refractivity contribution in [3.05, 3.63) is 53.6 Å².